The largest absolute Gasteiger partial charge is 0.492 e. The van der Waals surface area contributed by atoms with E-state index in [2.05, 4.69) is 0 Å². The number of carbonyl (C=O) groups is 2. The molecule has 1 unspecified atom stereocenters. The van der Waals surface area contributed by atoms with Gasteiger partial charge in [-0.25, -0.2) is 9.18 Å². The molecule has 5 nitrogen and oxygen atoms in total. The van der Waals surface area contributed by atoms with Crippen LogP contribution in [0.25, 0.3) is 0 Å². The molecule has 130 valence electrons. The second-order valence-corrected chi connectivity index (χ2v) is 6.03. The van der Waals surface area contributed by atoms with Gasteiger partial charge in [-0.15, -0.1) is 0 Å². The van der Waals surface area contributed by atoms with Gasteiger partial charge in [0.05, 0.1) is 6.54 Å². The monoisotopic (exact) mass is 362 g/mol. The number of rotatable bonds is 5. The summed E-state index contributed by atoms with van der Waals surface area (Å²) in [6.45, 7) is 1.92. The number of ether oxygens (including phenoxy) is 1. The first kappa shape index (κ1) is 17.2. The van der Waals surface area contributed by atoms with Crippen molar-refractivity contribution in [2.45, 2.75) is 13.0 Å². The van der Waals surface area contributed by atoms with Crippen LogP contribution in [-0.4, -0.2) is 36.0 Å². The van der Waals surface area contributed by atoms with Crippen molar-refractivity contribution in [3.05, 3.63) is 59.4 Å². The number of nitrogens with zero attached hydrogens (tertiary/aromatic N) is 2. The van der Waals surface area contributed by atoms with Crippen molar-refractivity contribution in [1.29, 1.82) is 0 Å². The van der Waals surface area contributed by atoms with Crippen LogP contribution >= 0.6 is 11.6 Å². The van der Waals surface area contributed by atoms with Gasteiger partial charge >= 0.3 is 6.03 Å². The van der Waals surface area contributed by atoms with Gasteiger partial charge in [0, 0.05) is 10.7 Å². The average molecular weight is 363 g/mol. The van der Waals surface area contributed by atoms with Gasteiger partial charge in [0.1, 0.15) is 24.2 Å². The summed E-state index contributed by atoms with van der Waals surface area (Å²) in [6, 6.07) is 11.3. The van der Waals surface area contributed by atoms with Crippen molar-refractivity contribution >= 4 is 29.2 Å². The number of amides is 3. The van der Waals surface area contributed by atoms with Gasteiger partial charge in [0.25, 0.3) is 5.91 Å². The number of urea groups is 1. The summed E-state index contributed by atoms with van der Waals surface area (Å²) in [5, 5.41) is 0.555. The van der Waals surface area contributed by atoms with E-state index in [1.54, 1.807) is 31.2 Å². The highest BCUT2D eigenvalue weighted by atomic mass is 35.5. The highest BCUT2D eigenvalue weighted by Crippen LogP contribution is 2.26. The SMILES string of the molecule is CC1C(=O)N(CCOc2ccc(F)cc2)C(=O)N1c1ccc(Cl)cc1. The Morgan fingerprint density at radius 2 is 1.72 bits per heavy atom. The normalized spacial score (nSPS) is 17.3. The van der Waals surface area contributed by atoms with Gasteiger partial charge in [-0.05, 0) is 55.5 Å². The van der Waals surface area contributed by atoms with Gasteiger partial charge in [0.15, 0.2) is 0 Å². The second-order valence-electron chi connectivity index (χ2n) is 5.60. The van der Waals surface area contributed by atoms with Crippen LogP contribution < -0.4 is 9.64 Å². The lowest BCUT2D eigenvalue weighted by Gasteiger charge is -2.19. The standard InChI is InChI=1S/C18H16ClFN2O3/c1-12-17(23)21(10-11-25-16-8-4-14(20)5-9-16)18(24)22(12)15-6-2-13(19)3-7-15/h2-9,12H,10-11H2,1H3. The molecule has 0 spiro atoms. The number of imide groups is 1. The van der Waals surface area contributed by atoms with Crippen LogP contribution in [0.5, 0.6) is 5.75 Å². The molecule has 0 saturated carbocycles. The predicted molar refractivity (Wildman–Crippen MR) is 92.4 cm³/mol. The zero-order valence-electron chi connectivity index (χ0n) is 13.5. The van der Waals surface area contributed by atoms with E-state index in [1.165, 1.54) is 29.2 Å². The lowest BCUT2D eigenvalue weighted by atomic mass is 10.2. The summed E-state index contributed by atoms with van der Waals surface area (Å²) in [6.07, 6.45) is 0. The van der Waals surface area contributed by atoms with Crippen molar-refractivity contribution in [3.8, 4) is 5.75 Å². The van der Waals surface area contributed by atoms with E-state index in [0.717, 1.165) is 4.90 Å². The summed E-state index contributed by atoms with van der Waals surface area (Å²) >= 11 is 5.86. The molecule has 0 radical (unpaired) electrons. The Hall–Kier alpha value is -2.60. The minimum atomic E-state index is -0.598. The first-order valence-corrected chi connectivity index (χ1v) is 8.13. The molecule has 0 aliphatic carbocycles. The Bertz CT molecular complexity index is 780. The summed E-state index contributed by atoms with van der Waals surface area (Å²) in [7, 11) is 0. The van der Waals surface area contributed by atoms with Crippen molar-refractivity contribution in [1.82, 2.24) is 4.90 Å². The number of benzene rings is 2. The molecule has 2 aromatic carbocycles. The molecule has 0 N–H and O–H groups in total. The molecule has 0 bridgehead atoms. The Kier molecular flexibility index (Phi) is 4.90. The highest BCUT2D eigenvalue weighted by molar-refractivity contribution is 6.30. The van der Waals surface area contributed by atoms with Crippen LogP contribution in [0.15, 0.2) is 48.5 Å². The maximum absolute atomic E-state index is 12.9. The van der Waals surface area contributed by atoms with E-state index in [-0.39, 0.29) is 24.9 Å². The molecule has 2 aromatic rings. The van der Waals surface area contributed by atoms with Gasteiger partial charge in [-0.3, -0.25) is 14.6 Å². The fourth-order valence-corrected chi connectivity index (χ4v) is 2.78. The summed E-state index contributed by atoms with van der Waals surface area (Å²) in [5.74, 6) is -0.171. The third-order valence-corrected chi connectivity index (χ3v) is 4.20. The number of hydrogen-bond acceptors (Lipinski definition) is 3. The van der Waals surface area contributed by atoms with Crippen LogP contribution in [0.1, 0.15) is 6.92 Å². The molecule has 1 aliphatic rings. The molecule has 7 heteroatoms. The molecule has 1 fully saturated rings. The molecular formula is C18H16ClFN2O3. The second kappa shape index (κ2) is 7.11. The first-order valence-electron chi connectivity index (χ1n) is 7.76. The molecule has 3 amide bonds. The number of carbonyl (C=O) groups excluding carboxylic acids is 2. The third kappa shape index (κ3) is 3.58. The zero-order chi connectivity index (χ0) is 18.0. The van der Waals surface area contributed by atoms with Crippen LogP contribution in [-0.2, 0) is 4.79 Å². The first-order chi connectivity index (χ1) is 12.0. The topological polar surface area (TPSA) is 49.9 Å². The predicted octanol–water partition coefficient (Wildman–Crippen LogP) is 3.72. The maximum atomic E-state index is 12.9. The Labute approximate surface area is 149 Å². The van der Waals surface area contributed by atoms with Gasteiger partial charge in [-0.1, -0.05) is 11.6 Å². The van der Waals surface area contributed by atoms with E-state index in [9.17, 15) is 14.0 Å². The maximum Gasteiger partial charge on any atom is 0.332 e. The van der Waals surface area contributed by atoms with E-state index in [0.29, 0.717) is 16.5 Å². The van der Waals surface area contributed by atoms with Gasteiger partial charge in [-0.2, -0.15) is 0 Å². The van der Waals surface area contributed by atoms with Crippen molar-refractivity contribution in [3.63, 3.8) is 0 Å². The van der Waals surface area contributed by atoms with Crippen LogP contribution in [0.4, 0.5) is 14.9 Å². The lowest BCUT2D eigenvalue weighted by Crippen LogP contribution is -2.36. The van der Waals surface area contributed by atoms with E-state index >= 15 is 0 Å². The van der Waals surface area contributed by atoms with E-state index < -0.39 is 12.1 Å². The smallest absolute Gasteiger partial charge is 0.332 e. The molecule has 1 saturated heterocycles. The van der Waals surface area contributed by atoms with Crippen LogP contribution in [0.3, 0.4) is 0 Å². The summed E-state index contributed by atoms with van der Waals surface area (Å²) in [5.41, 5.74) is 0.609. The Balaban J connectivity index is 1.65. The quantitative estimate of drug-likeness (QED) is 0.762. The average Bonchev–Trinajstić information content (AvgIpc) is 2.81. The number of hydrogen-bond donors (Lipinski definition) is 0. The minimum Gasteiger partial charge on any atom is -0.492 e. The highest BCUT2D eigenvalue weighted by Gasteiger charge is 2.43. The zero-order valence-corrected chi connectivity index (χ0v) is 14.2. The van der Waals surface area contributed by atoms with Crippen molar-refractivity contribution in [2.24, 2.45) is 0 Å². The Morgan fingerprint density at radius 3 is 2.36 bits per heavy atom. The van der Waals surface area contributed by atoms with Crippen molar-refractivity contribution < 1.29 is 18.7 Å². The minimum absolute atomic E-state index is 0.115. The fourth-order valence-electron chi connectivity index (χ4n) is 2.65. The van der Waals surface area contributed by atoms with Gasteiger partial charge in [0.2, 0.25) is 0 Å². The Morgan fingerprint density at radius 1 is 1.08 bits per heavy atom. The summed E-state index contributed by atoms with van der Waals surface area (Å²) < 4.78 is 18.3. The number of halogens is 2. The third-order valence-electron chi connectivity index (χ3n) is 3.95. The van der Waals surface area contributed by atoms with E-state index in [4.69, 9.17) is 16.3 Å². The van der Waals surface area contributed by atoms with E-state index in [1.807, 2.05) is 0 Å². The van der Waals surface area contributed by atoms with Crippen molar-refractivity contribution in [2.75, 3.05) is 18.1 Å². The molecular weight excluding hydrogens is 347 g/mol. The molecule has 0 aromatic heterocycles. The molecule has 1 atom stereocenters. The molecule has 25 heavy (non-hydrogen) atoms. The summed E-state index contributed by atoms with van der Waals surface area (Å²) in [4.78, 5) is 27.6. The lowest BCUT2D eigenvalue weighted by molar-refractivity contribution is -0.127. The molecule has 3 rings (SSSR count). The van der Waals surface area contributed by atoms with Gasteiger partial charge < -0.3 is 4.74 Å². The fraction of sp³-hybridized carbons (Fsp3) is 0.222. The number of anilines is 1. The van der Waals surface area contributed by atoms with Crippen LogP contribution in [0.2, 0.25) is 5.02 Å². The molecule has 1 aliphatic heterocycles. The molecule has 1 heterocycles. The van der Waals surface area contributed by atoms with Crippen LogP contribution in [0, 0.1) is 5.82 Å².